The van der Waals surface area contributed by atoms with Crippen LogP contribution in [0.2, 0.25) is 0 Å². The SMILES string of the molecule is Cc1cc(C#N)cc(C)c1Oc1ccc(N)c(N)c1. The molecular weight excluding hydrogens is 238 g/mol. The van der Waals surface area contributed by atoms with Crippen molar-refractivity contribution in [3.8, 4) is 17.6 Å². The zero-order valence-electron chi connectivity index (χ0n) is 10.9. The molecule has 19 heavy (non-hydrogen) atoms. The van der Waals surface area contributed by atoms with Gasteiger partial charge in [-0.25, -0.2) is 0 Å². The maximum absolute atomic E-state index is 8.91. The van der Waals surface area contributed by atoms with Gasteiger partial charge in [0.1, 0.15) is 11.5 Å². The first-order valence-corrected chi connectivity index (χ1v) is 5.85. The van der Waals surface area contributed by atoms with Crippen LogP contribution >= 0.6 is 0 Å². The Labute approximate surface area is 112 Å². The van der Waals surface area contributed by atoms with E-state index < -0.39 is 0 Å². The molecule has 0 unspecified atom stereocenters. The van der Waals surface area contributed by atoms with Crippen LogP contribution in [0.4, 0.5) is 11.4 Å². The summed E-state index contributed by atoms with van der Waals surface area (Å²) >= 11 is 0. The molecule has 0 aliphatic rings. The van der Waals surface area contributed by atoms with Crippen molar-refractivity contribution in [2.75, 3.05) is 11.5 Å². The van der Waals surface area contributed by atoms with Gasteiger partial charge >= 0.3 is 0 Å². The Morgan fingerprint density at radius 3 is 2.16 bits per heavy atom. The molecule has 0 aliphatic carbocycles. The third-order valence-corrected chi connectivity index (χ3v) is 2.87. The van der Waals surface area contributed by atoms with Gasteiger partial charge in [0.15, 0.2) is 0 Å². The lowest BCUT2D eigenvalue weighted by Crippen LogP contribution is -1.96. The summed E-state index contributed by atoms with van der Waals surface area (Å²) in [4.78, 5) is 0. The summed E-state index contributed by atoms with van der Waals surface area (Å²) in [5.41, 5.74) is 14.9. The first-order valence-electron chi connectivity index (χ1n) is 5.85. The molecule has 4 N–H and O–H groups in total. The van der Waals surface area contributed by atoms with Gasteiger partial charge in [0.25, 0.3) is 0 Å². The number of anilines is 2. The summed E-state index contributed by atoms with van der Waals surface area (Å²) in [5.74, 6) is 1.37. The fourth-order valence-corrected chi connectivity index (χ4v) is 1.91. The molecule has 0 saturated heterocycles. The molecule has 0 saturated carbocycles. The normalized spacial score (nSPS) is 9.95. The smallest absolute Gasteiger partial charge is 0.133 e. The lowest BCUT2D eigenvalue weighted by Gasteiger charge is -2.13. The van der Waals surface area contributed by atoms with Gasteiger partial charge in [0.05, 0.1) is 23.0 Å². The van der Waals surface area contributed by atoms with Gasteiger partial charge in [-0.1, -0.05) is 0 Å². The topological polar surface area (TPSA) is 85.1 Å². The molecule has 0 amide bonds. The average Bonchev–Trinajstić information content (AvgIpc) is 2.37. The van der Waals surface area contributed by atoms with Crippen molar-refractivity contribution in [2.45, 2.75) is 13.8 Å². The summed E-state index contributed by atoms with van der Waals surface area (Å²) in [6, 6.07) is 10.9. The molecule has 96 valence electrons. The Morgan fingerprint density at radius 2 is 1.63 bits per heavy atom. The Bertz CT molecular complexity index is 649. The maximum atomic E-state index is 8.91. The van der Waals surface area contributed by atoms with E-state index in [1.807, 2.05) is 13.8 Å². The highest BCUT2D eigenvalue weighted by Gasteiger charge is 2.08. The lowest BCUT2D eigenvalue weighted by atomic mass is 10.1. The van der Waals surface area contributed by atoms with Crippen LogP contribution in [0.1, 0.15) is 16.7 Å². The maximum Gasteiger partial charge on any atom is 0.133 e. The zero-order valence-corrected chi connectivity index (χ0v) is 10.9. The Balaban J connectivity index is 2.38. The Hall–Kier alpha value is -2.67. The predicted octanol–water partition coefficient (Wildman–Crippen LogP) is 3.13. The minimum absolute atomic E-state index is 0.487. The van der Waals surface area contributed by atoms with E-state index >= 15 is 0 Å². The van der Waals surface area contributed by atoms with Crippen molar-refractivity contribution in [1.82, 2.24) is 0 Å². The fourth-order valence-electron chi connectivity index (χ4n) is 1.91. The molecule has 0 bridgehead atoms. The Morgan fingerprint density at radius 1 is 1.00 bits per heavy atom. The standard InChI is InChI=1S/C15H15N3O/c1-9-5-11(8-16)6-10(2)15(9)19-12-3-4-13(17)14(18)7-12/h3-7H,17-18H2,1-2H3. The number of nitrogen functional groups attached to an aromatic ring is 2. The first-order chi connectivity index (χ1) is 9.01. The van der Waals surface area contributed by atoms with E-state index in [-0.39, 0.29) is 0 Å². The molecule has 0 fully saturated rings. The molecule has 0 radical (unpaired) electrons. The third kappa shape index (κ3) is 2.61. The molecule has 0 aliphatic heterocycles. The van der Waals surface area contributed by atoms with E-state index in [0.717, 1.165) is 16.9 Å². The molecule has 2 aromatic carbocycles. The minimum atomic E-state index is 0.487. The molecule has 2 rings (SSSR count). The number of aryl methyl sites for hydroxylation is 2. The van der Waals surface area contributed by atoms with Gasteiger partial charge in [-0.05, 0) is 49.2 Å². The van der Waals surface area contributed by atoms with E-state index in [1.165, 1.54) is 0 Å². The number of nitriles is 1. The molecule has 0 heterocycles. The van der Waals surface area contributed by atoms with Crippen LogP contribution in [0.15, 0.2) is 30.3 Å². The van der Waals surface area contributed by atoms with Crippen LogP contribution < -0.4 is 16.2 Å². The van der Waals surface area contributed by atoms with Gasteiger partial charge < -0.3 is 16.2 Å². The van der Waals surface area contributed by atoms with Gasteiger partial charge in [0, 0.05) is 6.07 Å². The number of rotatable bonds is 2. The summed E-state index contributed by atoms with van der Waals surface area (Å²) in [6.07, 6.45) is 0. The van der Waals surface area contributed by atoms with Gasteiger partial charge in [-0.15, -0.1) is 0 Å². The van der Waals surface area contributed by atoms with Crippen molar-refractivity contribution in [3.05, 3.63) is 47.0 Å². The van der Waals surface area contributed by atoms with Crippen LogP contribution in [0.25, 0.3) is 0 Å². The fraction of sp³-hybridized carbons (Fsp3) is 0.133. The van der Waals surface area contributed by atoms with E-state index in [0.29, 0.717) is 22.7 Å². The number of benzene rings is 2. The lowest BCUT2D eigenvalue weighted by molar-refractivity contribution is 0.475. The third-order valence-electron chi connectivity index (χ3n) is 2.87. The monoisotopic (exact) mass is 253 g/mol. The molecule has 4 heteroatoms. The van der Waals surface area contributed by atoms with Crippen molar-refractivity contribution >= 4 is 11.4 Å². The average molecular weight is 253 g/mol. The highest BCUT2D eigenvalue weighted by Crippen LogP contribution is 2.31. The first kappa shape index (κ1) is 12.8. The number of nitrogens with zero attached hydrogens (tertiary/aromatic N) is 1. The van der Waals surface area contributed by atoms with Crippen molar-refractivity contribution in [1.29, 1.82) is 5.26 Å². The number of ether oxygens (including phenoxy) is 1. The number of nitrogens with two attached hydrogens (primary N) is 2. The van der Waals surface area contributed by atoms with Crippen molar-refractivity contribution in [2.24, 2.45) is 0 Å². The van der Waals surface area contributed by atoms with Crippen molar-refractivity contribution < 1.29 is 4.74 Å². The van der Waals surface area contributed by atoms with Crippen LogP contribution in [0, 0.1) is 25.2 Å². The van der Waals surface area contributed by atoms with Crippen molar-refractivity contribution in [3.63, 3.8) is 0 Å². The highest BCUT2D eigenvalue weighted by molar-refractivity contribution is 5.65. The van der Waals surface area contributed by atoms with Gasteiger partial charge in [-0.2, -0.15) is 5.26 Å². The summed E-state index contributed by atoms with van der Waals surface area (Å²) in [6.45, 7) is 3.81. The second kappa shape index (κ2) is 4.91. The largest absolute Gasteiger partial charge is 0.457 e. The summed E-state index contributed by atoms with van der Waals surface area (Å²) in [5, 5.41) is 8.91. The second-order valence-corrected chi connectivity index (χ2v) is 4.44. The van der Waals surface area contributed by atoms with Crippen LogP contribution in [0.5, 0.6) is 11.5 Å². The molecular formula is C15H15N3O. The van der Waals surface area contributed by atoms with Crippen LogP contribution in [0.3, 0.4) is 0 Å². The van der Waals surface area contributed by atoms with E-state index in [9.17, 15) is 0 Å². The Kier molecular flexibility index (Phi) is 3.30. The predicted molar refractivity (Wildman–Crippen MR) is 76.0 cm³/mol. The molecule has 0 atom stereocenters. The van der Waals surface area contributed by atoms with Crippen LogP contribution in [-0.4, -0.2) is 0 Å². The quantitative estimate of drug-likeness (QED) is 0.805. The summed E-state index contributed by atoms with van der Waals surface area (Å²) in [7, 11) is 0. The van der Waals surface area contributed by atoms with E-state index in [1.54, 1.807) is 30.3 Å². The molecule has 4 nitrogen and oxygen atoms in total. The second-order valence-electron chi connectivity index (χ2n) is 4.44. The number of hydrogen-bond donors (Lipinski definition) is 2. The molecule has 2 aromatic rings. The number of hydrogen-bond acceptors (Lipinski definition) is 4. The molecule has 0 aromatic heterocycles. The van der Waals surface area contributed by atoms with Crippen LogP contribution in [-0.2, 0) is 0 Å². The molecule has 0 spiro atoms. The van der Waals surface area contributed by atoms with E-state index in [4.69, 9.17) is 21.5 Å². The summed E-state index contributed by atoms with van der Waals surface area (Å²) < 4.78 is 5.83. The minimum Gasteiger partial charge on any atom is -0.457 e. The van der Waals surface area contributed by atoms with Gasteiger partial charge in [0.2, 0.25) is 0 Å². The highest BCUT2D eigenvalue weighted by atomic mass is 16.5. The zero-order chi connectivity index (χ0) is 14.0. The van der Waals surface area contributed by atoms with E-state index in [2.05, 4.69) is 6.07 Å². The van der Waals surface area contributed by atoms with Gasteiger partial charge in [-0.3, -0.25) is 0 Å².